The average molecular weight is 244 g/mol. The second-order valence-corrected chi connectivity index (χ2v) is 4.56. The van der Waals surface area contributed by atoms with Crippen molar-refractivity contribution >= 4 is 0 Å². The van der Waals surface area contributed by atoms with Crippen LogP contribution < -0.4 is 0 Å². The van der Waals surface area contributed by atoms with E-state index < -0.39 is 11.7 Å². The number of hydrogen-bond acceptors (Lipinski definition) is 1. The van der Waals surface area contributed by atoms with Crippen LogP contribution in [0.5, 0.6) is 0 Å². The van der Waals surface area contributed by atoms with Gasteiger partial charge in [-0.15, -0.1) is 0 Å². The van der Waals surface area contributed by atoms with Gasteiger partial charge in [0, 0.05) is 0 Å². The van der Waals surface area contributed by atoms with Crippen molar-refractivity contribution in [1.29, 1.82) is 0 Å². The third-order valence-corrected chi connectivity index (χ3v) is 3.40. The summed E-state index contributed by atoms with van der Waals surface area (Å²) in [5, 5.41) is 9.02. The zero-order chi connectivity index (χ0) is 12.5. The molecule has 0 bridgehead atoms. The minimum Gasteiger partial charge on any atom is -0.392 e. The summed E-state index contributed by atoms with van der Waals surface area (Å²) >= 11 is 0. The predicted octanol–water partition coefficient (Wildman–Crippen LogP) is 3.86. The van der Waals surface area contributed by atoms with Gasteiger partial charge in [-0.3, -0.25) is 0 Å². The predicted molar refractivity (Wildman–Crippen MR) is 58.6 cm³/mol. The van der Waals surface area contributed by atoms with Gasteiger partial charge in [0.2, 0.25) is 0 Å². The smallest absolute Gasteiger partial charge is 0.392 e. The fourth-order valence-electron chi connectivity index (χ4n) is 2.54. The fourth-order valence-corrected chi connectivity index (χ4v) is 2.54. The van der Waals surface area contributed by atoms with Crippen LogP contribution in [0, 0.1) is 0 Å². The van der Waals surface area contributed by atoms with Crippen molar-refractivity contribution in [3.05, 3.63) is 34.9 Å². The Balaban J connectivity index is 2.43. The van der Waals surface area contributed by atoms with E-state index in [2.05, 4.69) is 0 Å². The summed E-state index contributed by atoms with van der Waals surface area (Å²) in [5.41, 5.74) is 0.378. The van der Waals surface area contributed by atoms with Gasteiger partial charge >= 0.3 is 6.18 Å². The molecule has 0 atom stereocenters. The van der Waals surface area contributed by atoms with E-state index in [-0.39, 0.29) is 12.5 Å². The molecular formula is C13H15F3O. The van der Waals surface area contributed by atoms with Gasteiger partial charge in [-0.05, 0) is 36.0 Å². The molecule has 1 aromatic rings. The number of alkyl halides is 3. The SMILES string of the molecule is OCc1ccc(C(F)(F)F)c(C2CCCC2)c1. The van der Waals surface area contributed by atoms with E-state index in [0.29, 0.717) is 11.1 Å². The highest BCUT2D eigenvalue weighted by Gasteiger charge is 2.35. The molecule has 0 aliphatic heterocycles. The highest BCUT2D eigenvalue weighted by molar-refractivity contribution is 5.37. The van der Waals surface area contributed by atoms with E-state index in [9.17, 15) is 13.2 Å². The topological polar surface area (TPSA) is 20.2 Å². The van der Waals surface area contributed by atoms with Crippen LogP contribution in [0.25, 0.3) is 0 Å². The second-order valence-electron chi connectivity index (χ2n) is 4.56. The lowest BCUT2D eigenvalue weighted by molar-refractivity contribution is -0.138. The molecule has 0 aromatic heterocycles. The molecule has 1 nitrogen and oxygen atoms in total. The van der Waals surface area contributed by atoms with Crippen molar-refractivity contribution in [3.63, 3.8) is 0 Å². The van der Waals surface area contributed by atoms with Crippen molar-refractivity contribution in [3.8, 4) is 0 Å². The Kier molecular flexibility index (Phi) is 3.43. The molecule has 0 radical (unpaired) electrons. The van der Waals surface area contributed by atoms with Gasteiger partial charge in [-0.1, -0.05) is 25.0 Å². The summed E-state index contributed by atoms with van der Waals surface area (Å²) in [6.45, 7) is -0.210. The molecule has 1 aromatic carbocycles. The highest BCUT2D eigenvalue weighted by atomic mass is 19.4. The molecule has 17 heavy (non-hydrogen) atoms. The number of hydrogen-bond donors (Lipinski definition) is 1. The quantitative estimate of drug-likeness (QED) is 0.837. The van der Waals surface area contributed by atoms with Crippen LogP contribution in [0.3, 0.4) is 0 Å². The van der Waals surface area contributed by atoms with E-state index in [0.717, 1.165) is 31.7 Å². The van der Waals surface area contributed by atoms with Gasteiger partial charge in [0.15, 0.2) is 0 Å². The maximum absolute atomic E-state index is 12.9. The summed E-state index contributed by atoms with van der Waals surface area (Å²) in [5.74, 6) is -0.00174. The number of rotatable bonds is 2. The van der Waals surface area contributed by atoms with Crippen LogP contribution in [0.4, 0.5) is 13.2 Å². The third-order valence-electron chi connectivity index (χ3n) is 3.40. The van der Waals surface area contributed by atoms with E-state index in [1.165, 1.54) is 12.1 Å². The Bertz CT molecular complexity index is 392. The Hall–Kier alpha value is -1.03. The molecule has 1 aliphatic rings. The third kappa shape index (κ3) is 2.63. The number of aliphatic hydroxyl groups excluding tert-OH is 1. The summed E-state index contributed by atoms with van der Waals surface area (Å²) in [6.07, 6.45) is -0.682. The molecule has 1 aliphatic carbocycles. The van der Waals surface area contributed by atoms with Crippen molar-refractivity contribution < 1.29 is 18.3 Å². The average Bonchev–Trinajstić information content (AvgIpc) is 2.80. The minimum atomic E-state index is -4.30. The van der Waals surface area contributed by atoms with Gasteiger partial charge in [0.25, 0.3) is 0 Å². The molecule has 1 saturated carbocycles. The Labute approximate surface area is 98.3 Å². The molecular weight excluding hydrogens is 229 g/mol. The maximum Gasteiger partial charge on any atom is 0.416 e. The van der Waals surface area contributed by atoms with Crippen LogP contribution in [-0.4, -0.2) is 5.11 Å². The lowest BCUT2D eigenvalue weighted by Crippen LogP contribution is -2.11. The van der Waals surface area contributed by atoms with Gasteiger partial charge in [0.1, 0.15) is 0 Å². The number of aliphatic hydroxyl groups is 1. The molecule has 0 unspecified atom stereocenters. The summed E-state index contributed by atoms with van der Waals surface area (Å²) in [6, 6.07) is 3.96. The summed E-state index contributed by atoms with van der Waals surface area (Å²) in [7, 11) is 0. The Morgan fingerprint density at radius 3 is 2.35 bits per heavy atom. The minimum absolute atomic E-state index is 0.00174. The summed E-state index contributed by atoms with van der Waals surface area (Å²) in [4.78, 5) is 0. The van der Waals surface area contributed by atoms with E-state index in [4.69, 9.17) is 5.11 Å². The van der Waals surface area contributed by atoms with Crippen LogP contribution in [0.15, 0.2) is 18.2 Å². The van der Waals surface area contributed by atoms with Crippen LogP contribution in [0.2, 0.25) is 0 Å². The number of benzene rings is 1. The Morgan fingerprint density at radius 2 is 1.82 bits per heavy atom. The molecule has 0 spiro atoms. The zero-order valence-electron chi connectivity index (χ0n) is 9.43. The van der Waals surface area contributed by atoms with Crippen molar-refractivity contribution in [2.45, 2.75) is 44.4 Å². The Morgan fingerprint density at radius 1 is 1.18 bits per heavy atom. The van der Waals surface area contributed by atoms with Gasteiger partial charge in [0.05, 0.1) is 12.2 Å². The molecule has 0 heterocycles. The maximum atomic E-state index is 12.9. The van der Waals surface area contributed by atoms with Crippen molar-refractivity contribution in [1.82, 2.24) is 0 Å². The zero-order valence-corrected chi connectivity index (χ0v) is 9.43. The standard InChI is InChI=1S/C13H15F3O/c14-13(15,16)12-6-5-9(8-17)7-11(12)10-3-1-2-4-10/h5-7,10,17H,1-4,8H2. The first-order chi connectivity index (χ1) is 8.02. The van der Waals surface area contributed by atoms with E-state index >= 15 is 0 Å². The monoisotopic (exact) mass is 244 g/mol. The van der Waals surface area contributed by atoms with Crippen LogP contribution >= 0.6 is 0 Å². The molecule has 0 saturated heterocycles. The first-order valence-electron chi connectivity index (χ1n) is 5.83. The first-order valence-corrected chi connectivity index (χ1v) is 5.83. The first kappa shape index (κ1) is 12.4. The van der Waals surface area contributed by atoms with Gasteiger partial charge < -0.3 is 5.11 Å². The van der Waals surface area contributed by atoms with E-state index in [1.807, 2.05) is 0 Å². The molecule has 1 N–H and O–H groups in total. The normalized spacial score (nSPS) is 17.6. The van der Waals surface area contributed by atoms with Gasteiger partial charge in [-0.25, -0.2) is 0 Å². The largest absolute Gasteiger partial charge is 0.416 e. The molecule has 1 fully saturated rings. The lowest BCUT2D eigenvalue weighted by atomic mass is 9.91. The van der Waals surface area contributed by atoms with Crippen molar-refractivity contribution in [2.75, 3.05) is 0 Å². The molecule has 2 rings (SSSR count). The lowest BCUT2D eigenvalue weighted by Gasteiger charge is -2.18. The summed E-state index contributed by atoms with van der Waals surface area (Å²) < 4.78 is 38.6. The van der Waals surface area contributed by atoms with E-state index in [1.54, 1.807) is 0 Å². The number of halogens is 3. The van der Waals surface area contributed by atoms with Crippen LogP contribution in [-0.2, 0) is 12.8 Å². The fraction of sp³-hybridized carbons (Fsp3) is 0.538. The van der Waals surface area contributed by atoms with Crippen LogP contribution in [0.1, 0.15) is 48.3 Å². The van der Waals surface area contributed by atoms with Gasteiger partial charge in [-0.2, -0.15) is 13.2 Å². The second kappa shape index (κ2) is 4.69. The molecule has 4 heteroatoms. The molecule has 0 amide bonds. The highest BCUT2D eigenvalue weighted by Crippen LogP contribution is 2.41. The molecule has 94 valence electrons. The van der Waals surface area contributed by atoms with Crippen molar-refractivity contribution in [2.24, 2.45) is 0 Å².